The van der Waals surface area contributed by atoms with Crippen LogP contribution in [0.1, 0.15) is 106 Å². The fourth-order valence-electron chi connectivity index (χ4n) is 6.60. The van der Waals surface area contributed by atoms with E-state index in [4.69, 9.17) is 5.73 Å². The molecule has 284 valence electrons. The number of primary amides is 1. The van der Waals surface area contributed by atoms with Gasteiger partial charge in [0.05, 0.1) is 24.6 Å². The van der Waals surface area contributed by atoms with Crippen molar-refractivity contribution in [2.75, 3.05) is 6.54 Å². The molecule has 7 atom stereocenters. The number of amides is 6. The molecule has 2 aliphatic rings. The van der Waals surface area contributed by atoms with Crippen molar-refractivity contribution in [1.82, 2.24) is 31.5 Å². The lowest BCUT2D eigenvalue weighted by Gasteiger charge is -2.37. The monoisotopic (exact) mass is 709 g/mol. The molecule has 16 heteroatoms. The van der Waals surface area contributed by atoms with Gasteiger partial charge in [0.15, 0.2) is 0 Å². The zero-order valence-electron chi connectivity index (χ0n) is 30.5. The Bertz CT molecular complexity index is 1230. The van der Waals surface area contributed by atoms with Gasteiger partial charge in [-0.3, -0.25) is 38.5 Å². The summed E-state index contributed by atoms with van der Waals surface area (Å²) >= 11 is 0. The van der Waals surface area contributed by atoms with Crippen molar-refractivity contribution in [3.05, 3.63) is 0 Å². The van der Waals surface area contributed by atoms with Gasteiger partial charge in [0, 0.05) is 11.5 Å². The molecule has 0 spiro atoms. The van der Waals surface area contributed by atoms with E-state index in [0.29, 0.717) is 32.2 Å². The van der Waals surface area contributed by atoms with E-state index in [1.165, 1.54) is 6.92 Å². The number of carboxylic acid groups (broad SMARTS) is 1. The Balaban J connectivity index is 2.25. The van der Waals surface area contributed by atoms with E-state index in [9.17, 15) is 43.8 Å². The van der Waals surface area contributed by atoms with Crippen LogP contribution in [0.25, 0.3) is 0 Å². The molecule has 2 rings (SSSR count). The zero-order valence-corrected chi connectivity index (χ0v) is 30.5. The van der Waals surface area contributed by atoms with E-state index in [0.717, 1.165) is 19.3 Å². The normalized spacial score (nSPS) is 20.8. The Morgan fingerprint density at radius 1 is 0.780 bits per heavy atom. The van der Waals surface area contributed by atoms with Gasteiger partial charge in [-0.25, -0.2) is 0 Å². The number of hydrogen-bond acceptors (Lipinski definition) is 9. The van der Waals surface area contributed by atoms with Crippen molar-refractivity contribution in [2.45, 2.75) is 154 Å². The quantitative estimate of drug-likeness (QED) is 0.0976. The van der Waals surface area contributed by atoms with Crippen LogP contribution in [0.2, 0.25) is 0 Å². The average Bonchev–Trinajstić information content (AvgIpc) is 3.47. The molecule has 1 saturated carbocycles. The number of carbonyl (C=O) groups excluding carboxylic acids is 6. The van der Waals surface area contributed by atoms with Crippen LogP contribution in [0, 0.1) is 11.8 Å². The summed E-state index contributed by atoms with van der Waals surface area (Å²) in [6.07, 6.45) is 3.21. The summed E-state index contributed by atoms with van der Waals surface area (Å²) in [6.45, 7) is 12.2. The molecule has 1 saturated heterocycles. The minimum absolute atomic E-state index is 0.0254. The summed E-state index contributed by atoms with van der Waals surface area (Å²) in [6, 6.07) is -7.03. The smallest absolute Gasteiger partial charge is 0.305 e. The Kier molecular flexibility index (Phi) is 16.1. The van der Waals surface area contributed by atoms with Crippen molar-refractivity contribution >= 4 is 41.4 Å². The highest BCUT2D eigenvalue weighted by Gasteiger charge is 2.43. The number of hydrogen-bond donors (Lipinski definition) is 8. The highest BCUT2D eigenvalue weighted by Crippen LogP contribution is 2.25. The fraction of sp³-hybridized carbons (Fsp3) is 0.794. The Labute approximate surface area is 294 Å². The topological polar surface area (TPSA) is 249 Å². The number of rotatable bonds is 17. The summed E-state index contributed by atoms with van der Waals surface area (Å²) in [4.78, 5) is 92.5. The Morgan fingerprint density at radius 2 is 1.38 bits per heavy atom. The largest absolute Gasteiger partial charge is 0.481 e. The molecule has 0 unspecified atom stereocenters. The van der Waals surface area contributed by atoms with Gasteiger partial charge in [-0.05, 0) is 79.2 Å². The lowest BCUT2D eigenvalue weighted by Crippen LogP contribution is -2.65. The molecule has 0 aromatic carbocycles. The summed E-state index contributed by atoms with van der Waals surface area (Å²) in [7, 11) is 0. The van der Waals surface area contributed by atoms with E-state index in [2.05, 4.69) is 26.6 Å². The molecule has 1 heterocycles. The number of aliphatic carboxylic acids is 1. The van der Waals surface area contributed by atoms with Crippen LogP contribution in [0.5, 0.6) is 0 Å². The highest BCUT2D eigenvalue weighted by molar-refractivity contribution is 5.96. The lowest BCUT2D eigenvalue weighted by molar-refractivity contribution is -0.142. The molecule has 16 nitrogen and oxygen atoms in total. The van der Waals surface area contributed by atoms with Gasteiger partial charge < -0.3 is 42.5 Å². The summed E-state index contributed by atoms with van der Waals surface area (Å²) in [5, 5.41) is 33.2. The number of aliphatic hydroxyl groups is 1. The number of carboxylic acids is 1. The van der Waals surface area contributed by atoms with E-state index < -0.39 is 89.8 Å². The molecule has 1 aliphatic heterocycles. The zero-order chi connectivity index (χ0) is 37.9. The first kappa shape index (κ1) is 42.4. The molecular weight excluding hydrogens is 650 g/mol. The third-order valence-electron chi connectivity index (χ3n) is 8.98. The maximum absolute atomic E-state index is 13.6. The van der Waals surface area contributed by atoms with Gasteiger partial charge >= 0.3 is 5.97 Å². The van der Waals surface area contributed by atoms with Crippen LogP contribution >= 0.6 is 0 Å². The molecule has 0 radical (unpaired) electrons. The number of nitrogens with zero attached hydrogens (tertiary/aromatic N) is 1. The molecule has 1 aliphatic carbocycles. The van der Waals surface area contributed by atoms with Crippen molar-refractivity contribution in [2.24, 2.45) is 17.6 Å². The van der Waals surface area contributed by atoms with Gasteiger partial charge in [-0.1, -0.05) is 33.1 Å². The van der Waals surface area contributed by atoms with Crippen LogP contribution in [0.4, 0.5) is 0 Å². The van der Waals surface area contributed by atoms with E-state index in [1.54, 1.807) is 32.6 Å². The van der Waals surface area contributed by atoms with Crippen molar-refractivity contribution in [3.8, 4) is 0 Å². The molecule has 2 fully saturated rings. The van der Waals surface area contributed by atoms with Crippen LogP contribution < -0.4 is 32.3 Å². The predicted octanol–water partition coefficient (Wildman–Crippen LogP) is -0.340. The van der Waals surface area contributed by atoms with Gasteiger partial charge in [0.2, 0.25) is 35.4 Å². The third kappa shape index (κ3) is 13.2. The average molecular weight is 710 g/mol. The van der Waals surface area contributed by atoms with Gasteiger partial charge in [-0.15, -0.1) is 0 Å². The number of nitrogens with one attached hydrogen (secondary N) is 5. The van der Waals surface area contributed by atoms with Crippen molar-refractivity contribution < 1.29 is 43.8 Å². The Hall–Kier alpha value is -3.79. The van der Waals surface area contributed by atoms with E-state index in [1.807, 2.05) is 13.8 Å². The second-order valence-electron chi connectivity index (χ2n) is 15.2. The molecular formula is C34H59N7O9. The highest BCUT2D eigenvalue weighted by atomic mass is 16.4. The molecule has 0 bridgehead atoms. The maximum atomic E-state index is 13.6. The molecule has 6 amide bonds. The minimum atomic E-state index is -1.65. The van der Waals surface area contributed by atoms with Crippen LogP contribution in [-0.4, -0.2) is 111 Å². The molecule has 0 aromatic rings. The number of aliphatic hydroxyl groups excluding tert-OH is 1. The van der Waals surface area contributed by atoms with Crippen molar-refractivity contribution in [1.29, 1.82) is 0 Å². The van der Waals surface area contributed by atoms with E-state index in [-0.39, 0.29) is 24.2 Å². The number of carbonyl (C=O) groups is 7. The van der Waals surface area contributed by atoms with Gasteiger partial charge in [-0.2, -0.15) is 0 Å². The van der Waals surface area contributed by atoms with E-state index >= 15 is 0 Å². The standard InChI is InChI=1S/C34H59N7O9/c1-18(2)16-22(37-29(46)21-12-9-8-10-13-21)30(47)38-23(17-25(43)44)31(48)39-26(20(4)42)32(49)36-19(3)27(33(50)40-34(5,6)7)41-15-11-14-24(41)28(35)45/h18-24,26-27,42H,8-17H2,1-7H3,(H2,35,45)(H,36,49)(H,37,46)(H,38,47)(H,39,48)(H,40,50)(H,43,44)/t19-,20+,22-,23-,24-,26-,27-/m0/s1. The summed E-state index contributed by atoms with van der Waals surface area (Å²) < 4.78 is 0. The molecule has 50 heavy (non-hydrogen) atoms. The number of likely N-dealkylation sites (tertiary alicyclic amines) is 1. The first-order chi connectivity index (χ1) is 23.2. The second-order valence-corrected chi connectivity index (χ2v) is 15.2. The third-order valence-corrected chi connectivity index (χ3v) is 8.98. The molecule has 0 aromatic heterocycles. The first-order valence-corrected chi connectivity index (χ1v) is 17.7. The van der Waals surface area contributed by atoms with Crippen LogP contribution in [0.3, 0.4) is 0 Å². The van der Waals surface area contributed by atoms with Crippen molar-refractivity contribution in [3.63, 3.8) is 0 Å². The maximum Gasteiger partial charge on any atom is 0.305 e. The van der Waals surface area contributed by atoms with Gasteiger partial charge in [0.1, 0.15) is 24.2 Å². The first-order valence-electron chi connectivity index (χ1n) is 17.7. The van der Waals surface area contributed by atoms with Crippen LogP contribution in [-0.2, 0) is 33.6 Å². The molecule has 9 N–H and O–H groups in total. The lowest BCUT2D eigenvalue weighted by atomic mass is 9.88. The number of nitrogens with two attached hydrogens (primary N) is 1. The summed E-state index contributed by atoms with van der Waals surface area (Å²) in [5.41, 5.74) is 4.98. The fourth-order valence-corrected chi connectivity index (χ4v) is 6.60. The Morgan fingerprint density at radius 3 is 1.90 bits per heavy atom. The predicted molar refractivity (Wildman–Crippen MR) is 184 cm³/mol. The minimum Gasteiger partial charge on any atom is -0.481 e. The van der Waals surface area contributed by atoms with Crippen LogP contribution in [0.15, 0.2) is 0 Å². The SMILES string of the molecule is CC(C)C[C@H](NC(=O)C1CCCCC1)C(=O)N[C@@H](CC(=O)O)C(=O)N[C@H](C(=O)N[C@@H](C)[C@@H](C(=O)NC(C)(C)C)N1CCC[C@H]1C(N)=O)[C@@H](C)O. The van der Waals surface area contributed by atoms with Gasteiger partial charge in [0.25, 0.3) is 0 Å². The summed E-state index contributed by atoms with van der Waals surface area (Å²) in [5.74, 6) is -5.70. The second kappa shape index (κ2) is 19.0.